The molecule has 0 aromatic heterocycles. The van der Waals surface area contributed by atoms with Crippen molar-refractivity contribution in [2.45, 2.75) is 38.6 Å². The number of piperidine rings is 1. The maximum absolute atomic E-state index is 12.6. The number of nitrogens with one attached hydrogen (secondary N) is 1. The van der Waals surface area contributed by atoms with E-state index in [9.17, 15) is 21.6 Å². The molecule has 10 heteroatoms. The number of nitrogens with zero attached hydrogens (tertiary/aromatic N) is 2. The zero-order valence-electron chi connectivity index (χ0n) is 13.4. The monoisotopic (exact) mass is 367 g/mol. The van der Waals surface area contributed by atoms with E-state index in [-0.39, 0.29) is 24.6 Å². The molecule has 0 unspecified atom stereocenters. The first kappa shape index (κ1) is 18.6. The van der Waals surface area contributed by atoms with Gasteiger partial charge in [0, 0.05) is 25.7 Å². The van der Waals surface area contributed by atoms with Gasteiger partial charge >= 0.3 is 0 Å². The minimum absolute atomic E-state index is 0.0657. The SMILES string of the molecule is CCN(CC(=O)N[C@H]1CCS(=O)(=O)C1)S(=O)(=O)N1CCCCC1. The number of carbonyl (C=O) groups excluding carboxylic acids is 1. The molecular weight excluding hydrogens is 342 g/mol. The minimum Gasteiger partial charge on any atom is -0.351 e. The van der Waals surface area contributed by atoms with Crippen LogP contribution in [0.1, 0.15) is 32.6 Å². The standard InChI is InChI=1S/C13H25N3O5S2/c1-2-15(23(20,21)16-7-4-3-5-8-16)10-13(17)14-12-6-9-22(18,19)11-12/h12H,2-11H2,1H3,(H,14,17)/t12-/m0/s1. The van der Waals surface area contributed by atoms with Crippen molar-refractivity contribution in [3.63, 3.8) is 0 Å². The molecule has 2 rings (SSSR count). The Labute approximate surface area is 138 Å². The van der Waals surface area contributed by atoms with E-state index in [4.69, 9.17) is 0 Å². The summed E-state index contributed by atoms with van der Waals surface area (Å²) < 4.78 is 50.5. The average molecular weight is 367 g/mol. The van der Waals surface area contributed by atoms with Gasteiger partial charge in [0.1, 0.15) is 0 Å². The molecule has 2 aliphatic rings. The van der Waals surface area contributed by atoms with Gasteiger partial charge < -0.3 is 5.32 Å². The Hall–Kier alpha value is -0.710. The highest BCUT2D eigenvalue weighted by Gasteiger charge is 2.33. The molecule has 23 heavy (non-hydrogen) atoms. The van der Waals surface area contributed by atoms with Gasteiger partial charge in [-0.2, -0.15) is 17.0 Å². The molecule has 0 radical (unpaired) electrons. The van der Waals surface area contributed by atoms with Crippen molar-refractivity contribution in [3.05, 3.63) is 0 Å². The highest BCUT2D eigenvalue weighted by molar-refractivity contribution is 7.91. The number of amides is 1. The molecule has 2 heterocycles. The molecule has 0 aromatic rings. The summed E-state index contributed by atoms with van der Waals surface area (Å²) in [6, 6.07) is -0.413. The van der Waals surface area contributed by atoms with Gasteiger partial charge in [-0.15, -0.1) is 0 Å². The van der Waals surface area contributed by atoms with E-state index in [2.05, 4.69) is 5.32 Å². The number of sulfone groups is 1. The summed E-state index contributed by atoms with van der Waals surface area (Å²) in [5.41, 5.74) is 0. The van der Waals surface area contributed by atoms with E-state index >= 15 is 0 Å². The van der Waals surface area contributed by atoms with Gasteiger partial charge in [-0.25, -0.2) is 8.42 Å². The molecule has 1 atom stereocenters. The molecule has 0 aliphatic carbocycles. The van der Waals surface area contributed by atoms with Crippen LogP contribution in [0.15, 0.2) is 0 Å². The van der Waals surface area contributed by atoms with Gasteiger partial charge in [0.25, 0.3) is 10.2 Å². The lowest BCUT2D eigenvalue weighted by Crippen LogP contribution is -2.50. The van der Waals surface area contributed by atoms with E-state index < -0.39 is 32.0 Å². The van der Waals surface area contributed by atoms with Crippen molar-refractivity contribution < 1.29 is 21.6 Å². The predicted octanol–water partition coefficient (Wildman–Crippen LogP) is -0.658. The molecule has 1 N–H and O–H groups in total. The lowest BCUT2D eigenvalue weighted by Gasteiger charge is -2.31. The second kappa shape index (κ2) is 7.45. The first-order valence-electron chi connectivity index (χ1n) is 7.99. The third kappa shape index (κ3) is 4.88. The van der Waals surface area contributed by atoms with Crippen LogP contribution < -0.4 is 5.32 Å². The predicted molar refractivity (Wildman–Crippen MR) is 86.8 cm³/mol. The summed E-state index contributed by atoms with van der Waals surface area (Å²) in [6.07, 6.45) is 3.08. The molecule has 2 saturated heterocycles. The Morgan fingerprint density at radius 2 is 1.91 bits per heavy atom. The summed E-state index contributed by atoms with van der Waals surface area (Å²) in [6.45, 7) is 2.60. The lowest BCUT2D eigenvalue weighted by molar-refractivity contribution is -0.121. The number of likely N-dealkylation sites (N-methyl/N-ethyl adjacent to an activating group) is 1. The van der Waals surface area contributed by atoms with Crippen LogP contribution in [0.25, 0.3) is 0 Å². The van der Waals surface area contributed by atoms with Gasteiger partial charge in [-0.1, -0.05) is 13.3 Å². The quantitative estimate of drug-likeness (QED) is 0.671. The topological polar surface area (TPSA) is 104 Å². The fourth-order valence-electron chi connectivity index (χ4n) is 2.96. The molecule has 134 valence electrons. The minimum atomic E-state index is -3.64. The summed E-state index contributed by atoms with van der Waals surface area (Å²) in [5, 5.41) is 2.63. The Kier molecular flexibility index (Phi) is 6.04. The first-order valence-corrected chi connectivity index (χ1v) is 11.2. The van der Waals surface area contributed by atoms with E-state index in [1.807, 2.05) is 0 Å². The van der Waals surface area contributed by atoms with Crippen molar-refractivity contribution >= 4 is 26.0 Å². The summed E-state index contributed by atoms with van der Waals surface area (Å²) >= 11 is 0. The largest absolute Gasteiger partial charge is 0.351 e. The maximum Gasteiger partial charge on any atom is 0.282 e. The Balaban J connectivity index is 1.94. The molecule has 0 aromatic carbocycles. The zero-order chi connectivity index (χ0) is 17.1. The van der Waals surface area contributed by atoms with Gasteiger partial charge in [0.2, 0.25) is 5.91 Å². The Morgan fingerprint density at radius 3 is 2.43 bits per heavy atom. The number of carbonyl (C=O) groups is 1. The van der Waals surface area contributed by atoms with Gasteiger partial charge in [0.15, 0.2) is 9.84 Å². The highest BCUT2D eigenvalue weighted by atomic mass is 32.2. The van der Waals surface area contributed by atoms with E-state index in [1.165, 1.54) is 4.31 Å². The lowest BCUT2D eigenvalue weighted by atomic mass is 10.2. The van der Waals surface area contributed by atoms with Crippen LogP contribution in [0, 0.1) is 0 Å². The van der Waals surface area contributed by atoms with Gasteiger partial charge in [-0.05, 0) is 19.3 Å². The molecular formula is C13H25N3O5S2. The molecule has 2 fully saturated rings. The van der Waals surface area contributed by atoms with Crippen LogP contribution >= 0.6 is 0 Å². The summed E-state index contributed by atoms with van der Waals surface area (Å²) in [7, 11) is -6.71. The second-order valence-corrected chi connectivity index (χ2v) is 10.2. The molecule has 8 nitrogen and oxygen atoms in total. The Morgan fingerprint density at radius 1 is 1.26 bits per heavy atom. The van der Waals surface area contributed by atoms with Crippen LogP contribution in [0.2, 0.25) is 0 Å². The van der Waals surface area contributed by atoms with Crippen LogP contribution in [0.5, 0.6) is 0 Å². The maximum atomic E-state index is 12.6. The number of hydrogen-bond donors (Lipinski definition) is 1. The third-order valence-corrected chi connectivity index (χ3v) is 8.06. The highest BCUT2D eigenvalue weighted by Crippen LogP contribution is 2.16. The summed E-state index contributed by atoms with van der Waals surface area (Å²) in [4.78, 5) is 12.1. The summed E-state index contributed by atoms with van der Waals surface area (Å²) in [5.74, 6) is -0.444. The van der Waals surface area contributed by atoms with Crippen LogP contribution in [0.3, 0.4) is 0 Å². The second-order valence-electron chi connectivity index (χ2n) is 6.06. The van der Waals surface area contributed by atoms with E-state index in [1.54, 1.807) is 6.92 Å². The third-order valence-electron chi connectivity index (χ3n) is 4.24. The van der Waals surface area contributed by atoms with Crippen molar-refractivity contribution in [3.8, 4) is 0 Å². The van der Waals surface area contributed by atoms with Crippen molar-refractivity contribution in [1.82, 2.24) is 13.9 Å². The molecule has 0 spiro atoms. The fraction of sp³-hybridized carbons (Fsp3) is 0.923. The van der Waals surface area contributed by atoms with E-state index in [0.29, 0.717) is 19.5 Å². The van der Waals surface area contributed by atoms with Crippen LogP contribution in [0.4, 0.5) is 0 Å². The van der Waals surface area contributed by atoms with E-state index in [0.717, 1.165) is 23.6 Å². The van der Waals surface area contributed by atoms with Crippen LogP contribution in [-0.2, 0) is 24.8 Å². The first-order chi connectivity index (χ1) is 10.7. The van der Waals surface area contributed by atoms with Gasteiger partial charge in [0.05, 0.1) is 18.1 Å². The smallest absolute Gasteiger partial charge is 0.282 e. The number of hydrogen-bond acceptors (Lipinski definition) is 5. The molecule has 0 bridgehead atoms. The Bertz CT molecular complexity index is 626. The zero-order valence-corrected chi connectivity index (χ0v) is 15.0. The van der Waals surface area contributed by atoms with Crippen LogP contribution in [-0.4, -0.2) is 75.1 Å². The normalized spacial score (nSPS) is 25.6. The molecule has 1 amide bonds. The van der Waals surface area contributed by atoms with Crippen molar-refractivity contribution in [1.29, 1.82) is 0 Å². The van der Waals surface area contributed by atoms with Gasteiger partial charge in [-0.3, -0.25) is 4.79 Å². The average Bonchev–Trinajstić information content (AvgIpc) is 2.84. The number of rotatable bonds is 6. The van der Waals surface area contributed by atoms with Crippen molar-refractivity contribution in [2.75, 3.05) is 37.7 Å². The molecule has 2 aliphatic heterocycles. The van der Waals surface area contributed by atoms with Crippen molar-refractivity contribution in [2.24, 2.45) is 0 Å². The fourth-order valence-corrected chi connectivity index (χ4v) is 6.28. The molecule has 0 saturated carbocycles.